The number of benzene rings is 1. The molecule has 0 saturated carbocycles. The van der Waals surface area contributed by atoms with Gasteiger partial charge in [-0.2, -0.15) is 8.42 Å². The fourth-order valence-electron chi connectivity index (χ4n) is 3.54. The number of unbranched alkanes of at least 4 members (excludes halogenated alkanes) is 8. The van der Waals surface area contributed by atoms with E-state index in [9.17, 15) is 13.0 Å². The van der Waals surface area contributed by atoms with Crippen molar-refractivity contribution < 1.29 is 13.0 Å². The first kappa shape index (κ1) is 22.2. The van der Waals surface area contributed by atoms with Crippen LogP contribution in [0.2, 0.25) is 0 Å². The van der Waals surface area contributed by atoms with Crippen molar-refractivity contribution in [3.63, 3.8) is 0 Å². The number of rotatable bonds is 13. The summed E-state index contributed by atoms with van der Waals surface area (Å²) in [6, 6.07) is 6.88. The highest BCUT2D eigenvalue weighted by molar-refractivity contribution is 7.85. The normalized spacial score (nSPS) is 13.3. The van der Waals surface area contributed by atoms with E-state index in [1.807, 2.05) is 12.1 Å². The highest BCUT2D eigenvalue weighted by Crippen LogP contribution is 2.34. The van der Waals surface area contributed by atoms with Crippen molar-refractivity contribution in [1.29, 1.82) is 0 Å². The second-order valence-corrected chi connectivity index (χ2v) is 8.87. The fraction of sp³-hybridized carbons (Fsp3) is 0.714. The van der Waals surface area contributed by atoms with Gasteiger partial charge in [-0.3, -0.25) is 4.55 Å². The molecule has 3 nitrogen and oxygen atoms in total. The Bertz CT molecular complexity index is 579. The van der Waals surface area contributed by atoms with Crippen molar-refractivity contribution in [3.05, 3.63) is 29.8 Å². The van der Waals surface area contributed by atoms with Crippen molar-refractivity contribution in [1.82, 2.24) is 0 Å². The molecule has 1 rings (SSSR count). The molecule has 4 heteroatoms. The Morgan fingerprint density at radius 1 is 0.880 bits per heavy atom. The molecule has 0 radical (unpaired) electrons. The molecule has 0 aromatic heterocycles. The summed E-state index contributed by atoms with van der Waals surface area (Å²) in [5.41, 5.74) is 0.763. The molecule has 1 aromatic rings. The molecule has 0 heterocycles. The van der Waals surface area contributed by atoms with Crippen LogP contribution in [-0.4, -0.2) is 13.0 Å². The Labute approximate surface area is 155 Å². The molecule has 0 spiro atoms. The van der Waals surface area contributed by atoms with Gasteiger partial charge in [0.25, 0.3) is 10.1 Å². The Kier molecular flexibility index (Phi) is 10.4. The quantitative estimate of drug-likeness (QED) is 0.315. The maximum atomic E-state index is 11.7. The topological polar surface area (TPSA) is 54.4 Å². The maximum Gasteiger partial charge on any atom is 0.294 e. The molecular weight excluding hydrogens is 332 g/mol. The summed E-state index contributed by atoms with van der Waals surface area (Å²) in [7, 11) is -4.16. The minimum atomic E-state index is -4.16. The zero-order chi connectivity index (χ0) is 18.7. The maximum absolute atomic E-state index is 11.7. The molecule has 144 valence electrons. The SMILES string of the molecule is CCCCCCCCCCCC(c1ccccc1S(=O)(=O)O)C(C)C. The van der Waals surface area contributed by atoms with Crippen LogP contribution in [-0.2, 0) is 10.1 Å². The lowest BCUT2D eigenvalue weighted by Crippen LogP contribution is -2.12. The summed E-state index contributed by atoms with van der Waals surface area (Å²) < 4.78 is 32.8. The van der Waals surface area contributed by atoms with E-state index in [0.717, 1.165) is 18.4 Å². The Hall–Kier alpha value is -0.870. The second-order valence-electron chi connectivity index (χ2n) is 7.48. The molecule has 0 saturated heterocycles. The van der Waals surface area contributed by atoms with Crippen molar-refractivity contribution >= 4 is 10.1 Å². The van der Waals surface area contributed by atoms with Gasteiger partial charge in [-0.05, 0) is 29.9 Å². The summed E-state index contributed by atoms with van der Waals surface area (Å²) in [4.78, 5) is 0.0737. The highest BCUT2D eigenvalue weighted by Gasteiger charge is 2.23. The van der Waals surface area contributed by atoms with Crippen LogP contribution in [0.5, 0.6) is 0 Å². The third kappa shape index (κ3) is 8.37. The Morgan fingerprint density at radius 2 is 1.40 bits per heavy atom. The lowest BCUT2D eigenvalue weighted by atomic mass is 9.84. The van der Waals surface area contributed by atoms with E-state index in [0.29, 0.717) is 5.92 Å². The third-order valence-corrected chi connectivity index (χ3v) is 5.95. The van der Waals surface area contributed by atoms with Crippen LogP contribution in [0.15, 0.2) is 29.2 Å². The van der Waals surface area contributed by atoms with Crippen molar-refractivity contribution in [3.8, 4) is 0 Å². The van der Waals surface area contributed by atoms with Crippen LogP contribution < -0.4 is 0 Å². The van der Waals surface area contributed by atoms with Crippen LogP contribution in [0.3, 0.4) is 0 Å². The van der Waals surface area contributed by atoms with Crippen LogP contribution in [0, 0.1) is 5.92 Å². The first-order chi connectivity index (χ1) is 11.9. The first-order valence-electron chi connectivity index (χ1n) is 9.94. The minimum Gasteiger partial charge on any atom is -0.282 e. The fourth-order valence-corrected chi connectivity index (χ4v) is 4.31. The van der Waals surface area contributed by atoms with Gasteiger partial charge in [-0.25, -0.2) is 0 Å². The monoisotopic (exact) mass is 368 g/mol. The molecule has 1 unspecified atom stereocenters. The van der Waals surface area contributed by atoms with E-state index < -0.39 is 10.1 Å². The van der Waals surface area contributed by atoms with Gasteiger partial charge in [-0.15, -0.1) is 0 Å². The smallest absolute Gasteiger partial charge is 0.282 e. The lowest BCUT2D eigenvalue weighted by molar-refractivity contribution is 0.430. The molecule has 25 heavy (non-hydrogen) atoms. The van der Waals surface area contributed by atoms with E-state index in [1.54, 1.807) is 6.07 Å². The van der Waals surface area contributed by atoms with Crippen LogP contribution in [0.4, 0.5) is 0 Å². The molecule has 0 fully saturated rings. The van der Waals surface area contributed by atoms with Crippen molar-refractivity contribution in [2.45, 2.75) is 95.8 Å². The average Bonchev–Trinajstić information content (AvgIpc) is 2.55. The van der Waals surface area contributed by atoms with E-state index in [-0.39, 0.29) is 10.8 Å². The molecule has 0 aliphatic rings. The largest absolute Gasteiger partial charge is 0.294 e. The molecule has 0 bridgehead atoms. The lowest BCUT2D eigenvalue weighted by Gasteiger charge is -2.23. The summed E-state index contributed by atoms with van der Waals surface area (Å²) in [6.07, 6.45) is 12.5. The summed E-state index contributed by atoms with van der Waals surface area (Å²) in [5, 5.41) is 0. The van der Waals surface area contributed by atoms with Crippen LogP contribution in [0.1, 0.15) is 96.5 Å². The van der Waals surface area contributed by atoms with Gasteiger partial charge in [0, 0.05) is 0 Å². The molecule has 0 aliphatic carbocycles. The summed E-state index contributed by atoms with van der Waals surface area (Å²) in [6.45, 7) is 6.49. The zero-order valence-corrected chi connectivity index (χ0v) is 17.0. The van der Waals surface area contributed by atoms with Gasteiger partial charge in [0.05, 0.1) is 4.90 Å². The molecule has 0 amide bonds. The molecule has 1 atom stereocenters. The van der Waals surface area contributed by atoms with Gasteiger partial charge < -0.3 is 0 Å². The van der Waals surface area contributed by atoms with Crippen molar-refractivity contribution in [2.24, 2.45) is 5.92 Å². The third-order valence-electron chi connectivity index (χ3n) is 5.02. The van der Waals surface area contributed by atoms with Gasteiger partial charge >= 0.3 is 0 Å². The Balaban J connectivity index is 2.49. The zero-order valence-electron chi connectivity index (χ0n) is 16.2. The minimum absolute atomic E-state index is 0.0737. The summed E-state index contributed by atoms with van der Waals surface area (Å²) in [5.74, 6) is 0.514. The second kappa shape index (κ2) is 11.7. The van der Waals surface area contributed by atoms with Crippen molar-refractivity contribution in [2.75, 3.05) is 0 Å². The molecule has 0 aliphatic heterocycles. The van der Waals surface area contributed by atoms with E-state index in [1.165, 1.54) is 57.4 Å². The number of hydrogen-bond donors (Lipinski definition) is 1. The van der Waals surface area contributed by atoms with E-state index >= 15 is 0 Å². The molecular formula is C21H36O3S. The van der Waals surface area contributed by atoms with Gasteiger partial charge in [-0.1, -0.05) is 96.8 Å². The van der Waals surface area contributed by atoms with Gasteiger partial charge in [0.1, 0.15) is 0 Å². The van der Waals surface area contributed by atoms with E-state index in [2.05, 4.69) is 20.8 Å². The summed E-state index contributed by atoms with van der Waals surface area (Å²) >= 11 is 0. The predicted molar refractivity (Wildman–Crippen MR) is 106 cm³/mol. The van der Waals surface area contributed by atoms with Crippen LogP contribution >= 0.6 is 0 Å². The van der Waals surface area contributed by atoms with Gasteiger partial charge in [0.15, 0.2) is 0 Å². The predicted octanol–water partition coefficient (Wildman–Crippen LogP) is 6.59. The first-order valence-corrected chi connectivity index (χ1v) is 11.4. The highest BCUT2D eigenvalue weighted by atomic mass is 32.2. The van der Waals surface area contributed by atoms with Gasteiger partial charge in [0.2, 0.25) is 0 Å². The standard InChI is InChI=1S/C21H36O3S/c1-4-5-6-7-8-9-10-11-12-15-19(18(2)3)20-16-13-14-17-21(20)25(22,23)24/h13-14,16-19H,4-12,15H2,1-3H3,(H,22,23,24). The van der Waals surface area contributed by atoms with E-state index in [4.69, 9.17) is 0 Å². The average molecular weight is 369 g/mol. The number of hydrogen-bond acceptors (Lipinski definition) is 2. The Morgan fingerprint density at radius 3 is 1.92 bits per heavy atom. The molecule has 1 N–H and O–H groups in total. The van der Waals surface area contributed by atoms with Crippen LogP contribution in [0.25, 0.3) is 0 Å². The molecule has 1 aromatic carbocycles.